The molecule has 1 fully saturated rings. The van der Waals surface area contributed by atoms with Crippen LogP contribution in [0, 0.1) is 13.8 Å². The summed E-state index contributed by atoms with van der Waals surface area (Å²) in [7, 11) is 0. The molecule has 1 heterocycles. The van der Waals surface area contributed by atoms with Gasteiger partial charge in [0.2, 0.25) is 0 Å². The average Bonchev–Trinajstić information content (AvgIpc) is 3.61. The molecular formula is C28H35N4O3. The fourth-order valence-corrected chi connectivity index (χ4v) is 3.78. The molecule has 0 saturated heterocycles. The first-order chi connectivity index (χ1) is 16.7. The molecule has 4 rings (SSSR count). The lowest BCUT2D eigenvalue weighted by Gasteiger charge is -2.23. The Hall–Kier alpha value is -3.19. The molecule has 2 aromatic carbocycles. The van der Waals surface area contributed by atoms with Crippen molar-refractivity contribution in [3.05, 3.63) is 60.6 Å². The lowest BCUT2D eigenvalue weighted by Crippen LogP contribution is -2.41. The summed E-state index contributed by atoms with van der Waals surface area (Å²) in [6.07, 6.45) is 2.42. The lowest BCUT2D eigenvalue weighted by atomic mass is 10.0. The topological polar surface area (TPSA) is 85.4 Å². The smallest absolute Gasteiger partial charge is 0.407 e. The van der Waals surface area contributed by atoms with Gasteiger partial charge in [0.1, 0.15) is 11.4 Å². The number of fused-ring (bicyclic) bond motifs is 1. The fraction of sp³-hybridized carbons (Fsp3) is 0.429. The molecule has 35 heavy (non-hydrogen) atoms. The number of alkyl carbamates (subject to hydrolysis) is 1. The number of nitrogens with zero attached hydrogens (tertiary/aromatic N) is 2. The molecule has 1 saturated carbocycles. The molecule has 1 aromatic heterocycles. The summed E-state index contributed by atoms with van der Waals surface area (Å²) in [6.45, 7) is 12.2. The van der Waals surface area contributed by atoms with Crippen molar-refractivity contribution in [2.45, 2.75) is 71.2 Å². The van der Waals surface area contributed by atoms with E-state index >= 15 is 0 Å². The highest BCUT2D eigenvalue weighted by atomic mass is 16.6. The van der Waals surface area contributed by atoms with Crippen molar-refractivity contribution in [1.29, 1.82) is 0 Å². The number of anilines is 1. The van der Waals surface area contributed by atoms with Gasteiger partial charge in [0.05, 0.1) is 36.0 Å². The number of amides is 1. The minimum absolute atomic E-state index is 0.220. The Morgan fingerprint density at radius 3 is 2.66 bits per heavy atom. The predicted molar refractivity (Wildman–Crippen MR) is 139 cm³/mol. The van der Waals surface area contributed by atoms with Crippen molar-refractivity contribution < 1.29 is 14.3 Å². The van der Waals surface area contributed by atoms with E-state index in [9.17, 15) is 4.79 Å². The average molecular weight is 476 g/mol. The van der Waals surface area contributed by atoms with Gasteiger partial charge in [-0.2, -0.15) is 0 Å². The second-order valence-electron chi connectivity index (χ2n) is 10.1. The number of nitrogens with one attached hydrogen (secondary N) is 2. The summed E-state index contributed by atoms with van der Waals surface area (Å²) in [5, 5.41) is 6.32. The van der Waals surface area contributed by atoms with E-state index in [0.717, 1.165) is 39.2 Å². The van der Waals surface area contributed by atoms with Crippen molar-refractivity contribution in [3.8, 4) is 11.1 Å². The fourth-order valence-electron chi connectivity index (χ4n) is 3.78. The summed E-state index contributed by atoms with van der Waals surface area (Å²) in [6, 6.07) is 14.6. The molecule has 1 atom stereocenters. The monoisotopic (exact) mass is 475 g/mol. The Morgan fingerprint density at radius 1 is 1.17 bits per heavy atom. The third-order valence-corrected chi connectivity index (χ3v) is 5.68. The van der Waals surface area contributed by atoms with Crippen molar-refractivity contribution in [3.63, 3.8) is 0 Å². The summed E-state index contributed by atoms with van der Waals surface area (Å²) >= 11 is 0. The Kier molecular flexibility index (Phi) is 7.55. The van der Waals surface area contributed by atoms with E-state index in [1.807, 2.05) is 52.0 Å². The molecule has 1 aliphatic carbocycles. The number of benzene rings is 2. The van der Waals surface area contributed by atoms with E-state index in [-0.39, 0.29) is 6.04 Å². The number of hydrogen-bond acceptors (Lipinski definition) is 6. The second-order valence-corrected chi connectivity index (χ2v) is 10.1. The molecule has 0 bridgehead atoms. The van der Waals surface area contributed by atoms with Crippen LogP contribution in [-0.4, -0.2) is 40.4 Å². The van der Waals surface area contributed by atoms with Crippen molar-refractivity contribution in [2.75, 3.05) is 11.9 Å². The summed E-state index contributed by atoms with van der Waals surface area (Å²) in [4.78, 5) is 21.8. The highest BCUT2D eigenvalue weighted by Crippen LogP contribution is 2.31. The molecule has 1 radical (unpaired) electrons. The molecule has 1 aliphatic rings. The first-order valence-corrected chi connectivity index (χ1v) is 12.2. The second kappa shape index (κ2) is 10.6. The highest BCUT2D eigenvalue weighted by molar-refractivity contribution is 5.92. The van der Waals surface area contributed by atoms with Crippen LogP contribution in [-0.2, 0) is 16.1 Å². The molecule has 1 unspecified atom stereocenters. The number of para-hydroxylation sites is 1. The summed E-state index contributed by atoms with van der Waals surface area (Å²) in [5.74, 6) is 0.864. The van der Waals surface area contributed by atoms with Crippen LogP contribution in [0.3, 0.4) is 0 Å². The zero-order chi connectivity index (χ0) is 25.0. The van der Waals surface area contributed by atoms with E-state index in [1.165, 1.54) is 12.8 Å². The van der Waals surface area contributed by atoms with E-state index in [1.54, 1.807) is 0 Å². The van der Waals surface area contributed by atoms with Crippen LogP contribution < -0.4 is 10.6 Å². The van der Waals surface area contributed by atoms with Crippen LogP contribution in [0.25, 0.3) is 22.2 Å². The lowest BCUT2D eigenvalue weighted by molar-refractivity contribution is 0.0430. The molecular weight excluding hydrogens is 440 g/mol. The first-order valence-electron chi connectivity index (χ1n) is 12.2. The van der Waals surface area contributed by atoms with Crippen LogP contribution >= 0.6 is 0 Å². The third-order valence-electron chi connectivity index (χ3n) is 5.68. The Bertz CT molecular complexity index is 1180. The standard InChI is InChI=1S/C28H35N4O3/c1-6-21(31-27(33)35-28(3,4)5)17-34-16-19-9-7-10-20(15-19)23-11-8-12-24-25(23)32-26(18(2)29-24)30-22-13-14-22/h7-12,15,21-22H,1,6,13-14,16-17H2,2-5H3,(H,30,32)(H,31,33). The largest absolute Gasteiger partial charge is 0.444 e. The Balaban J connectivity index is 1.45. The third kappa shape index (κ3) is 6.92. The molecule has 3 aromatic rings. The molecule has 185 valence electrons. The van der Waals surface area contributed by atoms with Gasteiger partial charge in [-0.1, -0.05) is 37.3 Å². The van der Waals surface area contributed by atoms with E-state index in [4.69, 9.17) is 19.4 Å². The minimum atomic E-state index is -0.545. The van der Waals surface area contributed by atoms with E-state index in [2.05, 4.69) is 35.8 Å². The van der Waals surface area contributed by atoms with Crippen LogP contribution in [0.2, 0.25) is 0 Å². The minimum Gasteiger partial charge on any atom is -0.444 e. The maximum absolute atomic E-state index is 12.0. The normalized spacial score (nSPS) is 14.5. The van der Waals surface area contributed by atoms with Crippen molar-refractivity contribution >= 4 is 22.9 Å². The number of carbonyl (C=O) groups excluding carboxylic acids is 1. The van der Waals surface area contributed by atoms with Gasteiger partial charge in [-0.25, -0.2) is 14.8 Å². The van der Waals surface area contributed by atoms with Gasteiger partial charge in [0.15, 0.2) is 0 Å². The molecule has 2 N–H and O–H groups in total. The molecule has 7 nitrogen and oxygen atoms in total. The van der Waals surface area contributed by atoms with Crippen LogP contribution in [0.1, 0.15) is 51.3 Å². The maximum atomic E-state index is 12.0. The first kappa shape index (κ1) is 24.9. The van der Waals surface area contributed by atoms with Gasteiger partial charge in [-0.05, 0) is 70.2 Å². The number of aryl methyl sites for hydroxylation is 1. The maximum Gasteiger partial charge on any atom is 0.407 e. The van der Waals surface area contributed by atoms with Crippen molar-refractivity contribution in [2.24, 2.45) is 0 Å². The molecule has 0 spiro atoms. The highest BCUT2D eigenvalue weighted by Gasteiger charge is 2.23. The van der Waals surface area contributed by atoms with Gasteiger partial charge in [-0.3, -0.25) is 0 Å². The van der Waals surface area contributed by atoms with E-state index < -0.39 is 11.7 Å². The molecule has 1 amide bonds. The Morgan fingerprint density at radius 2 is 1.94 bits per heavy atom. The summed E-state index contributed by atoms with van der Waals surface area (Å²) < 4.78 is 11.2. The van der Waals surface area contributed by atoms with Gasteiger partial charge in [-0.15, -0.1) is 0 Å². The van der Waals surface area contributed by atoms with Crippen LogP contribution in [0.5, 0.6) is 0 Å². The van der Waals surface area contributed by atoms with Gasteiger partial charge in [0.25, 0.3) is 0 Å². The SMILES string of the molecule is [CH2]CC(COCc1cccc(-c2cccc3nc(C)c(NC4CC4)nc23)c1)NC(=O)OC(C)(C)C. The molecule has 0 aliphatic heterocycles. The van der Waals surface area contributed by atoms with E-state index in [0.29, 0.717) is 25.7 Å². The quantitative estimate of drug-likeness (QED) is 0.406. The number of rotatable bonds is 9. The zero-order valence-corrected chi connectivity index (χ0v) is 21.1. The van der Waals surface area contributed by atoms with Crippen LogP contribution in [0.4, 0.5) is 10.6 Å². The Labute approximate surface area is 207 Å². The summed E-state index contributed by atoms with van der Waals surface area (Å²) in [5.41, 5.74) is 5.29. The van der Waals surface area contributed by atoms with Crippen molar-refractivity contribution in [1.82, 2.24) is 15.3 Å². The van der Waals surface area contributed by atoms with Crippen LogP contribution in [0.15, 0.2) is 42.5 Å². The zero-order valence-electron chi connectivity index (χ0n) is 21.1. The number of ether oxygens (including phenoxy) is 2. The number of hydrogen-bond donors (Lipinski definition) is 2. The number of carbonyl (C=O) groups is 1. The van der Waals surface area contributed by atoms with Gasteiger partial charge >= 0.3 is 6.09 Å². The van der Waals surface area contributed by atoms with Gasteiger partial charge < -0.3 is 20.1 Å². The predicted octanol–water partition coefficient (Wildman–Crippen LogP) is 5.81. The van der Waals surface area contributed by atoms with Gasteiger partial charge in [0, 0.05) is 11.6 Å². The number of aromatic nitrogens is 2. The molecule has 7 heteroatoms.